The third kappa shape index (κ3) is 3.45. The molecule has 0 unspecified atom stereocenters. The van der Waals surface area contributed by atoms with E-state index in [4.69, 9.17) is 4.74 Å². The molecule has 1 aromatic carbocycles. The highest BCUT2D eigenvalue weighted by Gasteiger charge is 2.30. The second-order valence-corrected chi connectivity index (χ2v) is 3.52. The van der Waals surface area contributed by atoms with Crippen LogP contribution in [0.3, 0.4) is 0 Å². The fraction of sp³-hybridized carbons (Fsp3) is 0.500. The lowest BCUT2D eigenvalue weighted by molar-refractivity contribution is -0.0124. The Morgan fingerprint density at radius 3 is 2.38 bits per heavy atom. The number of ether oxygens (including phenoxy) is 1. The summed E-state index contributed by atoms with van der Waals surface area (Å²) in [6.07, 6.45) is -0.197. The van der Waals surface area contributed by atoms with E-state index in [1.807, 2.05) is 6.92 Å². The van der Waals surface area contributed by atoms with Gasteiger partial charge in [0, 0.05) is 18.5 Å². The maximum absolute atomic E-state index is 13.6. The Morgan fingerprint density at radius 2 is 1.88 bits per heavy atom. The number of benzene rings is 1. The second-order valence-electron chi connectivity index (χ2n) is 3.52. The molecule has 2 nitrogen and oxygen atoms in total. The van der Waals surface area contributed by atoms with Crippen LogP contribution in [-0.4, -0.2) is 20.2 Å². The van der Waals surface area contributed by atoms with Gasteiger partial charge in [-0.1, -0.05) is 0 Å². The van der Waals surface area contributed by atoms with Crippen molar-refractivity contribution in [2.75, 3.05) is 20.2 Å². The molecule has 0 heterocycles. The zero-order valence-electron chi connectivity index (χ0n) is 9.59. The molecule has 0 aliphatic carbocycles. The molecule has 0 radical (unpaired) electrons. The predicted molar refractivity (Wildman–Crippen MR) is 60.0 cm³/mol. The molecule has 0 amide bonds. The van der Waals surface area contributed by atoms with E-state index in [2.05, 4.69) is 5.32 Å². The lowest BCUT2D eigenvalue weighted by Crippen LogP contribution is -2.20. The molecule has 0 aromatic heterocycles. The molecule has 0 fully saturated rings. The van der Waals surface area contributed by atoms with Gasteiger partial charge < -0.3 is 10.1 Å². The summed E-state index contributed by atoms with van der Waals surface area (Å²) >= 11 is 0. The van der Waals surface area contributed by atoms with Crippen molar-refractivity contribution < 1.29 is 13.5 Å². The normalized spacial score (nSPS) is 11.5. The van der Waals surface area contributed by atoms with Crippen molar-refractivity contribution in [1.29, 1.82) is 0 Å². The number of nitrogens with one attached hydrogen (secondary N) is 1. The highest BCUT2D eigenvalue weighted by Crippen LogP contribution is 2.32. The molecule has 16 heavy (non-hydrogen) atoms. The SMILES string of the molecule is CCOc1ccc(C(F)(F)CCNC)cc1. The van der Waals surface area contributed by atoms with Crippen molar-refractivity contribution in [1.82, 2.24) is 5.32 Å². The van der Waals surface area contributed by atoms with Crippen LogP contribution in [0.2, 0.25) is 0 Å². The topological polar surface area (TPSA) is 21.3 Å². The van der Waals surface area contributed by atoms with Crippen molar-refractivity contribution in [3.05, 3.63) is 29.8 Å². The van der Waals surface area contributed by atoms with E-state index in [1.165, 1.54) is 12.1 Å². The van der Waals surface area contributed by atoms with Crippen LogP contribution in [0.1, 0.15) is 18.9 Å². The summed E-state index contributed by atoms with van der Waals surface area (Å²) in [4.78, 5) is 0. The smallest absolute Gasteiger partial charge is 0.274 e. The first kappa shape index (κ1) is 12.9. The second kappa shape index (κ2) is 5.80. The van der Waals surface area contributed by atoms with Gasteiger partial charge in [-0.05, 0) is 38.2 Å². The fourth-order valence-corrected chi connectivity index (χ4v) is 1.39. The molecule has 0 bridgehead atoms. The summed E-state index contributed by atoms with van der Waals surface area (Å²) in [5.41, 5.74) is 0.0335. The Bertz CT molecular complexity index is 311. The van der Waals surface area contributed by atoms with Gasteiger partial charge in [0.1, 0.15) is 5.75 Å². The standard InChI is InChI=1S/C12H17F2NO/c1-3-16-11-6-4-10(5-7-11)12(13,14)8-9-15-2/h4-7,15H,3,8-9H2,1-2H3. The van der Waals surface area contributed by atoms with Crippen LogP contribution in [0, 0.1) is 0 Å². The Labute approximate surface area is 94.6 Å². The van der Waals surface area contributed by atoms with E-state index >= 15 is 0 Å². The summed E-state index contributed by atoms with van der Waals surface area (Å²) in [6.45, 7) is 2.69. The van der Waals surface area contributed by atoms with Crippen LogP contribution < -0.4 is 10.1 Å². The van der Waals surface area contributed by atoms with Gasteiger partial charge in [0.15, 0.2) is 0 Å². The van der Waals surface area contributed by atoms with E-state index in [1.54, 1.807) is 19.2 Å². The maximum atomic E-state index is 13.6. The molecule has 0 saturated carbocycles. The molecule has 90 valence electrons. The van der Waals surface area contributed by atoms with Gasteiger partial charge in [-0.15, -0.1) is 0 Å². The van der Waals surface area contributed by atoms with Crippen molar-refractivity contribution in [3.63, 3.8) is 0 Å². The first-order chi connectivity index (χ1) is 7.60. The molecule has 0 aliphatic rings. The van der Waals surface area contributed by atoms with Crippen molar-refractivity contribution >= 4 is 0 Å². The van der Waals surface area contributed by atoms with Crippen LogP contribution in [0.4, 0.5) is 8.78 Å². The number of hydrogen-bond donors (Lipinski definition) is 1. The lowest BCUT2D eigenvalue weighted by atomic mass is 10.1. The minimum atomic E-state index is -2.78. The van der Waals surface area contributed by atoms with Gasteiger partial charge in [0.05, 0.1) is 6.61 Å². The number of alkyl halides is 2. The molecule has 0 aliphatic heterocycles. The monoisotopic (exact) mass is 229 g/mol. The van der Waals surface area contributed by atoms with Crippen LogP contribution in [-0.2, 0) is 5.92 Å². The van der Waals surface area contributed by atoms with Gasteiger partial charge in [0.2, 0.25) is 0 Å². The summed E-state index contributed by atoms with van der Waals surface area (Å²) in [6, 6.07) is 5.99. The molecule has 1 N–H and O–H groups in total. The van der Waals surface area contributed by atoms with Gasteiger partial charge in [0.25, 0.3) is 5.92 Å². The predicted octanol–water partition coefficient (Wildman–Crippen LogP) is 2.79. The lowest BCUT2D eigenvalue weighted by Gasteiger charge is -2.16. The Hall–Kier alpha value is -1.16. The van der Waals surface area contributed by atoms with Gasteiger partial charge in [-0.2, -0.15) is 0 Å². The molecule has 1 aromatic rings. The first-order valence-electron chi connectivity index (χ1n) is 5.36. The largest absolute Gasteiger partial charge is 0.494 e. The van der Waals surface area contributed by atoms with Crippen molar-refractivity contribution in [3.8, 4) is 5.75 Å². The molecular formula is C12H17F2NO. The van der Waals surface area contributed by atoms with Gasteiger partial charge in [-0.25, -0.2) is 8.78 Å². The number of hydrogen-bond acceptors (Lipinski definition) is 2. The summed E-state index contributed by atoms with van der Waals surface area (Å²) < 4.78 is 32.4. The minimum Gasteiger partial charge on any atom is -0.494 e. The van der Waals surface area contributed by atoms with Crippen LogP contribution >= 0.6 is 0 Å². The zero-order chi connectivity index (χ0) is 12.0. The highest BCUT2D eigenvalue weighted by molar-refractivity contribution is 5.29. The van der Waals surface area contributed by atoms with Crippen molar-refractivity contribution in [2.24, 2.45) is 0 Å². The molecule has 0 saturated heterocycles. The van der Waals surface area contributed by atoms with Crippen molar-refractivity contribution in [2.45, 2.75) is 19.3 Å². The minimum absolute atomic E-state index is 0.0335. The molecule has 4 heteroatoms. The van der Waals surface area contributed by atoms with E-state index in [0.29, 0.717) is 18.9 Å². The average Bonchev–Trinajstić information content (AvgIpc) is 2.28. The highest BCUT2D eigenvalue weighted by atomic mass is 19.3. The third-order valence-corrected chi connectivity index (χ3v) is 2.28. The van der Waals surface area contributed by atoms with E-state index in [0.717, 1.165) is 0 Å². The quantitative estimate of drug-likeness (QED) is 0.809. The first-order valence-corrected chi connectivity index (χ1v) is 5.36. The van der Waals surface area contributed by atoms with E-state index in [-0.39, 0.29) is 12.0 Å². The molecule has 1 rings (SSSR count). The Morgan fingerprint density at radius 1 is 1.25 bits per heavy atom. The third-order valence-electron chi connectivity index (χ3n) is 2.28. The summed E-state index contributed by atoms with van der Waals surface area (Å²) in [5, 5.41) is 2.72. The van der Waals surface area contributed by atoms with Crippen LogP contribution in [0.5, 0.6) is 5.75 Å². The van der Waals surface area contributed by atoms with Gasteiger partial charge >= 0.3 is 0 Å². The molecule has 0 spiro atoms. The Balaban J connectivity index is 2.71. The molecule has 0 atom stereocenters. The molecular weight excluding hydrogens is 212 g/mol. The Kier molecular flexibility index (Phi) is 4.68. The van der Waals surface area contributed by atoms with E-state index < -0.39 is 5.92 Å². The van der Waals surface area contributed by atoms with Crippen LogP contribution in [0.25, 0.3) is 0 Å². The zero-order valence-corrected chi connectivity index (χ0v) is 9.59. The number of rotatable bonds is 6. The number of halogens is 2. The van der Waals surface area contributed by atoms with Gasteiger partial charge in [-0.3, -0.25) is 0 Å². The summed E-state index contributed by atoms with van der Waals surface area (Å²) in [7, 11) is 1.66. The average molecular weight is 229 g/mol. The van der Waals surface area contributed by atoms with E-state index in [9.17, 15) is 8.78 Å². The fourth-order valence-electron chi connectivity index (χ4n) is 1.39. The van der Waals surface area contributed by atoms with Crippen LogP contribution in [0.15, 0.2) is 24.3 Å². The maximum Gasteiger partial charge on any atom is 0.274 e. The summed E-state index contributed by atoms with van der Waals surface area (Å²) in [5.74, 6) is -2.16.